The summed E-state index contributed by atoms with van der Waals surface area (Å²) in [7, 11) is 0. The van der Waals surface area contributed by atoms with Gasteiger partial charge in [0.1, 0.15) is 0 Å². The molecule has 4 rings (SSSR count). The van der Waals surface area contributed by atoms with Gasteiger partial charge in [-0.2, -0.15) is 13.2 Å². The third-order valence-electron chi connectivity index (χ3n) is 6.11. The van der Waals surface area contributed by atoms with E-state index in [1.54, 1.807) is 11.0 Å². The molecule has 184 valence electrons. The highest BCUT2D eigenvalue weighted by Gasteiger charge is 2.39. The van der Waals surface area contributed by atoms with Gasteiger partial charge in [-0.1, -0.05) is 6.07 Å². The molecule has 0 radical (unpaired) electrons. The van der Waals surface area contributed by atoms with E-state index in [0.29, 0.717) is 30.9 Å². The maximum absolute atomic E-state index is 12.8. The van der Waals surface area contributed by atoms with Crippen molar-refractivity contribution in [3.05, 3.63) is 23.8 Å². The lowest BCUT2D eigenvalue weighted by Gasteiger charge is -2.44. The first-order valence-electron chi connectivity index (χ1n) is 11.1. The molecule has 1 amide bonds. The molecular formula is C22H29F3N2O6. The number of nitrogens with zero attached hydrogens (tertiary/aromatic N) is 1. The van der Waals surface area contributed by atoms with Crippen LogP contribution < -0.4 is 14.8 Å². The van der Waals surface area contributed by atoms with E-state index < -0.39 is 24.8 Å². The minimum atomic E-state index is -4.27. The molecule has 1 aromatic carbocycles. The van der Waals surface area contributed by atoms with E-state index in [0.717, 1.165) is 5.56 Å². The lowest BCUT2D eigenvalue weighted by molar-refractivity contribution is -0.169. The van der Waals surface area contributed by atoms with Gasteiger partial charge in [0.15, 0.2) is 11.5 Å². The van der Waals surface area contributed by atoms with Crippen LogP contribution in [0.5, 0.6) is 11.5 Å². The molecular weight excluding hydrogens is 445 g/mol. The van der Waals surface area contributed by atoms with Crippen LogP contribution in [0, 0.1) is 0 Å². The Hall–Kier alpha value is -2.08. The molecule has 0 spiro atoms. The van der Waals surface area contributed by atoms with Crippen LogP contribution in [0.1, 0.15) is 31.2 Å². The number of hydrogen-bond donors (Lipinski definition) is 2. The second-order valence-electron chi connectivity index (χ2n) is 8.66. The van der Waals surface area contributed by atoms with Gasteiger partial charge in [0.25, 0.3) is 0 Å². The molecule has 3 heterocycles. The number of hydrogen-bond acceptors (Lipinski definition) is 7. The van der Waals surface area contributed by atoms with Crippen LogP contribution >= 0.6 is 0 Å². The normalized spacial score (nSPS) is 28.0. The number of fused-ring (bicyclic) bond motifs is 2. The molecule has 0 saturated carbocycles. The van der Waals surface area contributed by atoms with E-state index in [-0.39, 0.29) is 57.6 Å². The first kappa shape index (κ1) is 24.1. The van der Waals surface area contributed by atoms with Crippen molar-refractivity contribution in [3.63, 3.8) is 0 Å². The number of carbonyl (C=O) groups excluding carboxylic acids is 1. The van der Waals surface area contributed by atoms with Crippen LogP contribution in [0.4, 0.5) is 13.2 Å². The Kier molecular flexibility index (Phi) is 7.62. The Morgan fingerprint density at radius 2 is 2.00 bits per heavy atom. The summed E-state index contributed by atoms with van der Waals surface area (Å²) >= 11 is 0. The predicted molar refractivity (Wildman–Crippen MR) is 110 cm³/mol. The summed E-state index contributed by atoms with van der Waals surface area (Å²) < 4.78 is 60.5. The zero-order valence-corrected chi connectivity index (χ0v) is 18.2. The second-order valence-corrected chi connectivity index (χ2v) is 8.66. The molecule has 1 aromatic rings. The molecule has 0 unspecified atom stereocenters. The molecule has 0 aliphatic carbocycles. The zero-order valence-electron chi connectivity index (χ0n) is 18.2. The average molecular weight is 474 g/mol. The number of benzene rings is 1. The Labute approximate surface area is 189 Å². The molecule has 33 heavy (non-hydrogen) atoms. The number of nitrogens with one attached hydrogen (secondary N) is 1. The Morgan fingerprint density at radius 3 is 2.82 bits per heavy atom. The number of aliphatic hydroxyl groups excluding tert-OH is 1. The molecule has 0 aromatic heterocycles. The minimum Gasteiger partial charge on any atom is -0.454 e. The van der Waals surface area contributed by atoms with E-state index in [1.165, 1.54) is 0 Å². The zero-order chi connectivity index (χ0) is 23.4. The highest BCUT2D eigenvalue weighted by Crippen LogP contribution is 2.33. The lowest BCUT2D eigenvalue weighted by Crippen LogP contribution is -2.56. The number of aliphatic hydroxyl groups is 1. The van der Waals surface area contributed by atoms with E-state index in [2.05, 4.69) is 5.32 Å². The van der Waals surface area contributed by atoms with Crippen LogP contribution in [-0.4, -0.2) is 79.5 Å². The van der Waals surface area contributed by atoms with Crippen LogP contribution in [0.2, 0.25) is 0 Å². The van der Waals surface area contributed by atoms with Gasteiger partial charge in [0, 0.05) is 25.7 Å². The van der Waals surface area contributed by atoms with Gasteiger partial charge in [0.2, 0.25) is 12.7 Å². The average Bonchev–Trinajstić information content (AvgIpc) is 3.22. The number of rotatable bonds is 6. The summed E-state index contributed by atoms with van der Waals surface area (Å²) in [6, 6.07) is 5.17. The van der Waals surface area contributed by atoms with Crippen molar-refractivity contribution in [2.24, 2.45) is 0 Å². The molecule has 2 saturated heterocycles. The fraction of sp³-hybridized carbons (Fsp3) is 0.682. The summed E-state index contributed by atoms with van der Waals surface area (Å²) in [6.45, 7) is 0.617. The third kappa shape index (κ3) is 6.72. The standard InChI is InChI=1S/C22H29F3N2O6/c23-22(24,25)5-6-27-10-15(28)11-30-12-20-17(27)3-2-16(33-20)8-21(29)26-9-14-1-4-18-19(7-14)32-13-31-18/h1,4,7,15-17,20,28H,2-3,5-6,8-13H2,(H,26,29)/t15-,16+,17+,20-/m1/s1. The summed E-state index contributed by atoms with van der Waals surface area (Å²) in [4.78, 5) is 14.1. The predicted octanol–water partition coefficient (Wildman–Crippen LogP) is 1.98. The molecule has 11 heteroatoms. The Balaban J connectivity index is 1.29. The number of β-amino-alcohol motifs (C(OH)–C–C–N with tert-alkyl or cyclic N) is 1. The fourth-order valence-corrected chi connectivity index (χ4v) is 4.50. The Morgan fingerprint density at radius 1 is 1.18 bits per heavy atom. The van der Waals surface area contributed by atoms with Crippen molar-refractivity contribution in [2.45, 2.75) is 62.8 Å². The molecule has 8 nitrogen and oxygen atoms in total. The van der Waals surface area contributed by atoms with Crippen LogP contribution in [0.25, 0.3) is 0 Å². The number of amides is 1. The summed E-state index contributed by atoms with van der Waals surface area (Å²) in [5.74, 6) is 1.15. The maximum atomic E-state index is 12.8. The van der Waals surface area contributed by atoms with E-state index in [1.807, 2.05) is 12.1 Å². The van der Waals surface area contributed by atoms with Crippen LogP contribution in [-0.2, 0) is 20.8 Å². The van der Waals surface area contributed by atoms with Crippen molar-refractivity contribution < 1.29 is 42.0 Å². The van der Waals surface area contributed by atoms with Gasteiger partial charge in [-0.15, -0.1) is 0 Å². The minimum absolute atomic E-state index is 0.0375. The second kappa shape index (κ2) is 10.5. The first-order chi connectivity index (χ1) is 15.8. The smallest absolute Gasteiger partial charge is 0.390 e. The highest BCUT2D eigenvalue weighted by atomic mass is 19.4. The van der Waals surface area contributed by atoms with Gasteiger partial charge in [-0.25, -0.2) is 0 Å². The van der Waals surface area contributed by atoms with Crippen molar-refractivity contribution in [1.82, 2.24) is 10.2 Å². The molecule has 2 fully saturated rings. The highest BCUT2D eigenvalue weighted by molar-refractivity contribution is 5.76. The van der Waals surface area contributed by atoms with Crippen molar-refractivity contribution in [1.29, 1.82) is 0 Å². The van der Waals surface area contributed by atoms with Crippen LogP contribution in [0.3, 0.4) is 0 Å². The van der Waals surface area contributed by atoms with Crippen molar-refractivity contribution in [2.75, 3.05) is 33.1 Å². The molecule has 4 atom stereocenters. The summed E-state index contributed by atoms with van der Waals surface area (Å²) in [6.07, 6.45) is -5.61. The third-order valence-corrected chi connectivity index (χ3v) is 6.11. The summed E-state index contributed by atoms with van der Waals surface area (Å²) in [5, 5.41) is 12.9. The van der Waals surface area contributed by atoms with E-state index in [4.69, 9.17) is 18.9 Å². The van der Waals surface area contributed by atoms with Crippen LogP contribution in [0.15, 0.2) is 18.2 Å². The summed E-state index contributed by atoms with van der Waals surface area (Å²) in [5.41, 5.74) is 0.879. The van der Waals surface area contributed by atoms with Crippen molar-refractivity contribution >= 4 is 5.91 Å². The first-order valence-corrected chi connectivity index (χ1v) is 11.1. The lowest BCUT2D eigenvalue weighted by atomic mass is 9.94. The maximum Gasteiger partial charge on any atom is 0.390 e. The fourth-order valence-electron chi connectivity index (χ4n) is 4.50. The molecule has 2 N–H and O–H groups in total. The van der Waals surface area contributed by atoms with E-state index in [9.17, 15) is 23.1 Å². The van der Waals surface area contributed by atoms with Gasteiger partial charge < -0.3 is 29.4 Å². The number of alkyl halides is 3. The molecule has 0 bridgehead atoms. The Bertz CT molecular complexity index is 824. The molecule has 3 aliphatic rings. The van der Waals surface area contributed by atoms with Gasteiger partial charge in [0.05, 0.1) is 44.4 Å². The van der Waals surface area contributed by atoms with Crippen molar-refractivity contribution in [3.8, 4) is 11.5 Å². The number of halogens is 3. The largest absolute Gasteiger partial charge is 0.454 e. The monoisotopic (exact) mass is 474 g/mol. The number of ether oxygens (including phenoxy) is 4. The molecule has 3 aliphatic heterocycles. The quantitative estimate of drug-likeness (QED) is 0.652. The topological polar surface area (TPSA) is 89.5 Å². The van der Waals surface area contributed by atoms with Gasteiger partial charge in [-0.05, 0) is 30.5 Å². The number of carbonyl (C=O) groups is 1. The van der Waals surface area contributed by atoms with E-state index >= 15 is 0 Å². The SMILES string of the molecule is O=C(C[C@@H]1CC[C@H]2[C@@H](COC[C@H](O)CN2CCC(F)(F)F)O1)NCc1ccc2c(c1)OCO2. The van der Waals surface area contributed by atoms with Gasteiger partial charge >= 0.3 is 6.18 Å². The van der Waals surface area contributed by atoms with Gasteiger partial charge in [-0.3, -0.25) is 9.69 Å².